The third-order valence-corrected chi connectivity index (χ3v) is 6.38. The van der Waals surface area contributed by atoms with Gasteiger partial charge in [0.1, 0.15) is 0 Å². The average molecular weight is 444 g/mol. The summed E-state index contributed by atoms with van der Waals surface area (Å²) in [5, 5.41) is 9.56. The lowest BCUT2D eigenvalue weighted by Gasteiger charge is -2.36. The van der Waals surface area contributed by atoms with Crippen LogP contribution in [0, 0.1) is 6.92 Å². The normalized spacial score (nSPS) is 14.2. The summed E-state index contributed by atoms with van der Waals surface area (Å²) in [7, 11) is 0. The predicted octanol–water partition coefficient (Wildman–Crippen LogP) is 3.93. The van der Waals surface area contributed by atoms with Crippen LogP contribution in [0.15, 0.2) is 59.1 Å². The number of fused-ring (bicyclic) bond motifs is 1. The summed E-state index contributed by atoms with van der Waals surface area (Å²) in [5.74, 6) is 1.31. The quantitative estimate of drug-likeness (QED) is 0.468. The Balaban J connectivity index is 1.08. The van der Waals surface area contributed by atoms with Gasteiger partial charge in [-0.25, -0.2) is 0 Å². The van der Waals surface area contributed by atoms with Crippen molar-refractivity contribution in [3.8, 4) is 0 Å². The summed E-state index contributed by atoms with van der Waals surface area (Å²) in [6, 6.07) is 16.8. The zero-order valence-corrected chi connectivity index (χ0v) is 19.0. The molecule has 170 valence electrons. The van der Waals surface area contributed by atoms with Crippen molar-refractivity contribution >= 4 is 22.5 Å². The van der Waals surface area contributed by atoms with Gasteiger partial charge in [-0.1, -0.05) is 35.9 Å². The van der Waals surface area contributed by atoms with E-state index in [0.29, 0.717) is 31.0 Å². The van der Waals surface area contributed by atoms with E-state index in [1.165, 1.54) is 22.2 Å². The van der Waals surface area contributed by atoms with Crippen LogP contribution in [0.25, 0.3) is 10.9 Å². The molecule has 4 aromatic rings. The van der Waals surface area contributed by atoms with E-state index in [1.807, 2.05) is 23.2 Å². The molecule has 0 spiro atoms. The van der Waals surface area contributed by atoms with Crippen LogP contribution in [-0.4, -0.2) is 52.2 Å². The lowest BCUT2D eigenvalue weighted by molar-refractivity contribution is -0.131. The zero-order valence-electron chi connectivity index (χ0n) is 19.0. The van der Waals surface area contributed by atoms with Gasteiger partial charge in [-0.3, -0.25) is 4.79 Å². The van der Waals surface area contributed by atoms with Crippen LogP contribution in [0.3, 0.4) is 0 Å². The van der Waals surface area contributed by atoms with Crippen molar-refractivity contribution < 1.29 is 9.21 Å². The summed E-state index contributed by atoms with van der Waals surface area (Å²) in [6.45, 7) is 5.29. The van der Waals surface area contributed by atoms with Crippen molar-refractivity contribution in [2.75, 3.05) is 31.1 Å². The Morgan fingerprint density at radius 3 is 2.45 bits per heavy atom. The van der Waals surface area contributed by atoms with Gasteiger partial charge in [-0.2, -0.15) is 0 Å². The van der Waals surface area contributed by atoms with E-state index in [9.17, 15) is 4.79 Å². The number of amides is 1. The number of anilines is 1. The largest absolute Gasteiger partial charge is 0.425 e. The molecule has 1 amide bonds. The Morgan fingerprint density at radius 2 is 1.67 bits per heavy atom. The molecule has 7 heteroatoms. The molecule has 1 fully saturated rings. The summed E-state index contributed by atoms with van der Waals surface area (Å²) in [4.78, 5) is 20.3. The molecule has 7 nitrogen and oxygen atoms in total. The molecule has 5 rings (SSSR count). The number of aromatic amines is 1. The van der Waals surface area contributed by atoms with E-state index >= 15 is 0 Å². The Labute approximate surface area is 193 Å². The fraction of sp³-hybridized carbons (Fsp3) is 0.346. The number of benzene rings is 2. The first-order chi connectivity index (χ1) is 16.2. The number of H-pyrrole nitrogens is 1. The first-order valence-electron chi connectivity index (χ1n) is 11.6. The fourth-order valence-corrected chi connectivity index (χ4v) is 4.41. The third-order valence-electron chi connectivity index (χ3n) is 6.38. The number of carbonyl (C=O) groups is 1. The van der Waals surface area contributed by atoms with Crippen molar-refractivity contribution in [2.24, 2.45) is 0 Å². The predicted molar refractivity (Wildman–Crippen MR) is 128 cm³/mol. The van der Waals surface area contributed by atoms with Crippen LogP contribution >= 0.6 is 0 Å². The number of hydrogen-bond acceptors (Lipinski definition) is 5. The molecule has 1 N–H and O–H groups in total. The SMILES string of the molecule is Cc1ccc(N2CCN(C(=O)CCc3nnc(CCc4c[nH]c5ccccc45)o3)CC2)cc1. The molecule has 0 aliphatic carbocycles. The van der Waals surface area contributed by atoms with Gasteiger partial charge in [-0.15, -0.1) is 10.2 Å². The van der Waals surface area contributed by atoms with Crippen LogP contribution < -0.4 is 4.90 Å². The second-order valence-corrected chi connectivity index (χ2v) is 8.65. The topological polar surface area (TPSA) is 78.3 Å². The molecule has 3 heterocycles. The van der Waals surface area contributed by atoms with Crippen LogP contribution in [0.1, 0.15) is 29.3 Å². The van der Waals surface area contributed by atoms with Gasteiger partial charge in [0.05, 0.1) is 0 Å². The summed E-state index contributed by atoms with van der Waals surface area (Å²) >= 11 is 0. The zero-order chi connectivity index (χ0) is 22.6. The van der Waals surface area contributed by atoms with E-state index in [4.69, 9.17) is 4.42 Å². The Morgan fingerprint density at radius 1 is 0.939 bits per heavy atom. The van der Waals surface area contributed by atoms with E-state index in [1.54, 1.807) is 0 Å². The molecule has 0 radical (unpaired) electrons. The molecule has 0 atom stereocenters. The van der Waals surface area contributed by atoms with E-state index in [2.05, 4.69) is 63.4 Å². The second kappa shape index (κ2) is 9.48. The highest BCUT2D eigenvalue weighted by Gasteiger charge is 2.21. The van der Waals surface area contributed by atoms with Crippen molar-refractivity contribution in [1.29, 1.82) is 0 Å². The minimum atomic E-state index is 0.150. The monoisotopic (exact) mass is 443 g/mol. The van der Waals surface area contributed by atoms with Gasteiger partial charge < -0.3 is 19.2 Å². The van der Waals surface area contributed by atoms with E-state index in [-0.39, 0.29) is 5.91 Å². The van der Waals surface area contributed by atoms with Crippen molar-refractivity contribution in [3.63, 3.8) is 0 Å². The van der Waals surface area contributed by atoms with Gasteiger partial charge in [0.15, 0.2) is 0 Å². The van der Waals surface area contributed by atoms with Gasteiger partial charge in [0.2, 0.25) is 17.7 Å². The van der Waals surface area contributed by atoms with Crippen molar-refractivity contribution in [2.45, 2.75) is 32.6 Å². The highest BCUT2D eigenvalue weighted by molar-refractivity contribution is 5.83. The second-order valence-electron chi connectivity index (χ2n) is 8.65. The van der Waals surface area contributed by atoms with Gasteiger partial charge in [0, 0.05) is 68.2 Å². The average Bonchev–Trinajstić information content (AvgIpc) is 3.48. The first kappa shape index (κ1) is 21.2. The number of nitrogens with one attached hydrogen (secondary N) is 1. The molecule has 0 saturated carbocycles. The Kier molecular flexibility index (Phi) is 6.11. The summed E-state index contributed by atoms with van der Waals surface area (Å²) in [6.07, 6.45) is 4.44. The number of carbonyl (C=O) groups excluding carboxylic acids is 1. The Hall–Kier alpha value is -3.61. The number of rotatable bonds is 7. The number of aromatic nitrogens is 3. The van der Waals surface area contributed by atoms with Gasteiger partial charge >= 0.3 is 0 Å². The molecular weight excluding hydrogens is 414 g/mol. The van der Waals surface area contributed by atoms with Crippen LogP contribution in [0.4, 0.5) is 5.69 Å². The number of hydrogen-bond donors (Lipinski definition) is 1. The summed E-state index contributed by atoms with van der Waals surface area (Å²) in [5.41, 5.74) is 4.86. The smallest absolute Gasteiger partial charge is 0.223 e. The maximum atomic E-state index is 12.7. The maximum absolute atomic E-state index is 12.7. The highest BCUT2D eigenvalue weighted by Crippen LogP contribution is 2.20. The number of para-hydroxylation sites is 1. The van der Waals surface area contributed by atoms with Crippen molar-refractivity contribution in [1.82, 2.24) is 20.1 Å². The summed E-state index contributed by atoms with van der Waals surface area (Å²) < 4.78 is 5.80. The minimum absolute atomic E-state index is 0.150. The molecule has 2 aromatic heterocycles. The molecule has 1 saturated heterocycles. The maximum Gasteiger partial charge on any atom is 0.223 e. The van der Waals surface area contributed by atoms with E-state index in [0.717, 1.165) is 38.1 Å². The Bertz CT molecular complexity index is 1220. The number of nitrogens with zero attached hydrogens (tertiary/aromatic N) is 4. The van der Waals surface area contributed by atoms with Crippen molar-refractivity contribution in [3.05, 3.63) is 77.6 Å². The first-order valence-corrected chi connectivity index (χ1v) is 11.6. The third kappa shape index (κ3) is 4.92. The van der Waals surface area contributed by atoms with Crippen LogP contribution in [-0.2, 0) is 24.1 Å². The number of piperazine rings is 1. The molecule has 0 unspecified atom stereocenters. The molecular formula is C26H29N5O2. The molecule has 1 aliphatic heterocycles. The minimum Gasteiger partial charge on any atom is -0.425 e. The molecule has 2 aromatic carbocycles. The highest BCUT2D eigenvalue weighted by atomic mass is 16.4. The van der Waals surface area contributed by atoms with E-state index < -0.39 is 0 Å². The van der Waals surface area contributed by atoms with Gasteiger partial charge in [-0.05, 0) is 37.1 Å². The molecule has 0 bridgehead atoms. The molecule has 1 aliphatic rings. The standard InChI is InChI=1S/C26H29N5O2/c1-19-6-9-21(10-7-19)30-14-16-31(17-15-30)26(32)13-12-25-29-28-24(33-25)11-8-20-18-27-23-5-3-2-4-22(20)23/h2-7,9-10,18,27H,8,11-17H2,1H3. The fourth-order valence-electron chi connectivity index (χ4n) is 4.41. The lowest BCUT2D eigenvalue weighted by atomic mass is 10.1. The van der Waals surface area contributed by atoms with Crippen LogP contribution in [0.2, 0.25) is 0 Å². The number of aryl methyl sites for hydroxylation is 4. The lowest BCUT2D eigenvalue weighted by Crippen LogP contribution is -2.48. The molecule has 33 heavy (non-hydrogen) atoms. The van der Waals surface area contributed by atoms with Crippen LogP contribution in [0.5, 0.6) is 0 Å². The van der Waals surface area contributed by atoms with Gasteiger partial charge in [0.25, 0.3) is 0 Å².